The zero-order chi connectivity index (χ0) is 10.7. The average molecular weight is 206 g/mol. The van der Waals surface area contributed by atoms with Crippen LogP contribution >= 0.6 is 0 Å². The minimum absolute atomic E-state index is 0.267. The highest BCUT2D eigenvalue weighted by atomic mass is 19.1. The monoisotopic (exact) mass is 206 g/mol. The fourth-order valence-corrected chi connectivity index (χ4v) is 1.38. The summed E-state index contributed by atoms with van der Waals surface area (Å²) in [5.74, 6) is 0.486. The molecule has 15 heavy (non-hydrogen) atoms. The van der Waals surface area contributed by atoms with Gasteiger partial charge in [0, 0.05) is 0 Å². The summed E-state index contributed by atoms with van der Waals surface area (Å²) in [5, 5.41) is 10.7. The lowest BCUT2D eigenvalue weighted by molar-refractivity contribution is 0.625. The molecule has 0 atom stereocenters. The molecule has 1 N–H and O–H groups in total. The summed E-state index contributed by atoms with van der Waals surface area (Å²) in [6, 6.07) is 6.33. The molecule has 78 valence electrons. The van der Waals surface area contributed by atoms with E-state index in [0.29, 0.717) is 6.54 Å². The van der Waals surface area contributed by atoms with Crippen molar-refractivity contribution in [3.05, 3.63) is 42.2 Å². The Bertz CT molecular complexity index is 452. The van der Waals surface area contributed by atoms with Crippen LogP contribution in [0.25, 0.3) is 5.69 Å². The smallest absolute Gasteiger partial charge is 0.151 e. The number of nitrogens with zero attached hydrogens (tertiary/aromatic N) is 3. The van der Waals surface area contributed by atoms with Crippen LogP contribution in [0.1, 0.15) is 5.82 Å². The van der Waals surface area contributed by atoms with Gasteiger partial charge >= 0.3 is 0 Å². The van der Waals surface area contributed by atoms with Gasteiger partial charge < -0.3 is 5.32 Å². The van der Waals surface area contributed by atoms with Gasteiger partial charge in [0.15, 0.2) is 5.82 Å². The van der Waals surface area contributed by atoms with Crippen LogP contribution in [0.5, 0.6) is 0 Å². The predicted molar refractivity (Wildman–Crippen MR) is 54.1 cm³/mol. The second kappa shape index (κ2) is 4.18. The highest BCUT2D eigenvalue weighted by molar-refractivity contribution is 5.32. The Morgan fingerprint density at radius 2 is 2.33 bits per heavy atom. The summed E-state index contributed by atoms with van der Waals surface area (Å²) >= 11 is 0. The van der Waals surface area contributed by atoms with Crippen LogP contribution in [0.2, 0.25) is 0 Å². The lowest BCUT2D eigenvalue weighted by Gasteiger charge is -2.05. The molecule has 2 aromatic rings. The van der Waals surface area contributed by atoms with Crippen LogP contribution in [-0.4, -0.2) is 21.8 Å². The maximum Gasteiger partial charge on any atom is 0.151 e. The van der Waals surface area contributed by atoms with Gasteiger partial charge in [-0.05, 0) is 25.2 Å². The molecule has 0 saturated heterocycles. The van der Waals surface area contributed by atoms with E-state index in [1.54, 1.807) is 17.0 Å². The second-order valence-corrected chi connectivity index (χ2v) is 3.13. The van der Waals surface area contributed by atoms with Crippen LogP contribution < -0.4 is 5.32 Å². The van der Waals surface area contributed by atoms with Gasteiger partial charge in [-0.3, -0.25) is 4.57 Å². The standard InChI is InChI=1S/C10H11FN4/c1-12-6-10-14-13-7-15(10)9-4-2-3-8(11)5-9/h2-5,7,12H,6H2,1H3. The molecule has 5 heteroatoms. The Morgan fingerprint density at radius 3 is 3.07 bits per heavy atom. The molecule has 1 heterocycles. The molecule has 0 fully saturated rings. The third-order valence-electron chi connectivity index (χ3n) is 2.04. The minimum atomic E-state index is -0.267. The fraction of sp³-hybridized carbons (Fsp3) is 0.200. The first kappa shape index (κ1) is 9.79. The molecular weight excluding hydrogens is 195 g/mol. The predicted octanol–water partition coefficient (Wildman–Crippen LogP) is 1.13. The summed E-state index contributed by atoms with van der Waals surface area (Å²) < 4.78 is 14.8. The lowest BCUT2D eigenvalue weighted by atomic mass is 10.3. The quantitative estimate of drug-likeness (QED) is 0.818. The third kappa shape index (κ3) is 2.02. The van der Waals surface area contributed by atoms with E-state index in [4.69, 9.17) is 0 Å². The summed E-state index contributed by atoms with van der Waals surface area (Å²) in [4.78, 5) is 0. The fourth-order valence-electron chi connectivity index (χ4n) is 1.38. The van der Waals surface area contributed by atoms with Crippen LogP contribution in [0.3, 0.4) is 0 Å². The van der Waals surface area contributed by atoms with Gasteiger partial charge in [0.05, 0.1) is 12.2 Å². The molecule has 0 aliphatic heterocycles. The number of halogens is 1. The Hall–Kier alpha value is -1.75. The first-order valence-corrected chi connectivity index (χ1v) is 4.60. The summed E-state index contributed by atoms with van der Waals surface area (Å²) in [6.07, 6.45) is 1.57. The van der Waals surface area contributed by atoms with E-state index in [1.165, 1.54) is 12.1 Å². The van der Waals surface area contributed by atoms with Gasteiger partial charge in [-0.1, -0.05) is 6.07 Å². The lowest BCUT2D eigenvalue weighted by Crippen LogP contribution is -2.11. The van der Waals surface area contributed by atoms with Gasteiger partial charge in [0.2, 0.25) is 0 Å². The first-order chi connectivity index (χ1) is 7.31. The number of hydrogen-bond donors (Lipinski definition) is 1. The van der Waals surface area contributed by atoms with Crippen LogP contribution in [0.15, 0.2) is 30.6 Å². The van der Waals surface area contributed by atoms with E-state index in [-0.39, 0.29) is 5.82 Å². The van der Waals surface area contributed by atoms with E-state index in [9.17, 15) is 4.39 Å². The van der Waals surface area contributed by atoms with E-state index in [0.717, 1.165) is 11.5 Å². The van der Waals surface area contributed by atoms with Crippen molar-refractivity contribution >= 4 is 0 Å². The van der Waals surface area contributed by atoms with E-state index in [2.05, 4.69) is 15.5 Å². The van der Waals surface area contributed by atoms with Crippen LogP contribution in [-0.2, 0) is 6.54 Å². The van der Waals surface area contributed by atoms with Crippen molar-refractivity contribution < 1.29 is 4.39 Å². The third-order valence-corrected chi connectivity index (χ3v) is 2.04. The van der Waals surface area contributed by atoms with Crippen molar-refractivity contribution in [3.63, 3.8) is 0 Å². The number of benzene rings is 1. The SMILES string of the molecule is CNCc1nncn1-c1cccc(F)c1. The second-order valence-electron chi connectivity index (χ2n) is 3.13. The molecule has 0 bridgehead atoms. The summed E-state index contributed by atoms with van der Waals surface area (Å²) in [7, 11) is 1.82. The van der Waals surface area contributed by atoms with E-state index >= 15 is 0 Å². The van der Waals surface area contributed by atoms with Gasteiger partial charge in [-0.2, -0.15) is 0 Å². The van der Waals surface area contributed by atoms with Crippen molar-refractivity contribution in [3.8, 4) is 5.69 Å². The number of rotatable bonds is 3. The number of hydrogen-bond acceptors (Lipinski definition) is 3. The van der Waals surface area contributed by atoms with E-state index in [1.807, 2.05) is 13.1 Å². The summed E-state index contributed by atoms with van der Waals surface area (Å²) in [5.41, 5.74) is 0.727. The largest absolute Gasteiger partial charge is 0.313 e. The molecule has 0 amide bonds. The Labute approximate surface area is 86.8 Å². The molecule has 4 nitrogen and oxygen atoms in total. The Morgan fingerprint density at radius 1 is 1.47 bits per heavy atom. The Balaban J connectivity index is 2.40. The van der Waals surface area contributed by atoms with Gasteiger partial charge in [0.25, 0.3) is 0 Å². The van der Waals surface area contributed by atoms with Crippen LogP contribution in [0.4, 0.5) is 4.39 Å². The molecule has 0 saturated carbocycles. The molecule has 1 aromatic heterocycles. The van der Waals surface area contributed by atoms with Gasteiger partial charge in [-0.25, -0.2) is 4.39 Å². The van der Waals surface area contributed by atoms with Crippen molar-refractivity contribution in [1.82, 2.24) is 20.1 Å². The highest BCUT2D eigenvalue weighted by Crippen LogP contribution is 2.10. The van der Waals surface area contributed by atoms with Crippen molar-refractivity contribution in [2.45, 2.75) is 6.54 Å². The van der Waals surface area contributed by atoms with Crippen LogP contribution in [0, 0.1) is 5.82 Å². The van der Waals surface area contributed by atoms with Crippen molar-refractivity contribution in [1.29, 1.82) is 0 Å². The molecule has 0 aliphatic carbocycles. The Kier molecular flexibility index (Phi) is 2.73. The number of nitrogens with one attached hydrogen (secondary N) is 1. The van der Waals surface area contributed by atoms with Crippen molar-refractivity contribution in [2.24, 2.45) is 0 Å². The molecular formula is C10H11FN4. The topological polar surface area (TPSA) is 42.7 Å². The van der Waals surface area contributed by atoms with Gasteiger partial charge in [-0.15, -0.1) is 10.2 Å². The molecule has 0 unspecified atom stereocenters. The molecule has 0 spiro atoms. The zero-order valence-electron chi connectivity index (χ0n) is 8.31. The maximum absolute atomic E-state index is 13.0. The minimum Gasteiger partial charge on any atom is -0.313 e. The van der Waals surface area contributed by atoms with Crippen molar-refractivity contribution in [2.75, 3.05) is 7.05 Å². The normalized spacial score (nSPS) is 10.5. The molecule has 1 aromatic carbocycles. The average Bonchev–Trinajstić information content (AvgIpc) is 2.66. The van der Waals surface area contributed by atoms with Gasteiger partial charge in [0.1, 0.15) is 12.1 Å². The molecule has 0 radical (unpaired) electrons. The zero-order valence-corrected chi connectivity index (χ0v) is 8.31. The maximum atomic E-state index is 13.0. The number of aromatic nitrogens is 3. The molecule has 2 rings (SSSR count). The van der Waals surface area contributed by atoms with E-state index < -0.39 is 0 Å². The highest BCUT2D eigenvalue weighted by Gasteiger charge is 2.05. The molecule has 0 aliphatic rings. The first-order valence-electron chi connectivity index (χ1n) is 4.60. The summed E-state index contributed by atoms with van der Waals surface area (Å²) in [6.45, 7) is 0.594.